The lowest BCUT2D eigenvalue weighted by Crippen LogP contribution is -2.63. The van der Waals surface area contributed by atoms with E-state index in [4.69, 9.17) is 4.74 Å². The zero-order valence-corrected chi connectivity index (χ0v) is 9.93. The third kappa shape index (κ3) is 2.32. The number of esters is 1. The second-order valence-electron chi connectivity index (χ2n) is 4.00. The molecule has 1 aliphatic heterocycles. The zero-order valence-electron chi connectivity index (χ0n) is 9.93. The Bertz CT molecular complexity index is 221. The first-order valence-electron chi connectivity index (χ1n) is 5.78. The van der Waals surface area contributed by atoms with E-state index in [1.807, 2.05) is 14.0 Å². The molecule has 0 aromatic heterocycles. The van der Waals surface area contributed by atoms with E-state index >= 15 is 0 Å². The van der Waals surface area contributed by atoms with Crippen LogP contribution in [0, 0.1) is 5.92 Å². The number of hydrogen-bond acceptors (Lipinski definition) is 4. The van der Waals surface area contributed by atoms with E-state index in [9.17, 15) is 4.79 Å². The molecule has 15 heavy (non-hydrogen) atoms. The summed E-state index contributed by atoms with van der Waals surface area (Å²) in [7, 11) is 1.85. The predicted molar refractivity (Wildman–Crippen MR) is 59.7 cm³/mol. The molecule has 4 nitrogen and oxygen atoms in total. The molecule has 0 amide bonds. The maximum absolute atomic E-state index is 12.0. The molecule has 2 unspecified atom stereocenters. The first kappa shape index (κ1) is 12.5. The van der Waals surface area contributed by atoms with E-state index in [2.05, 4.69) is 17.6 Å². The van der Waals surface area contributed by atoms with E-state index < -0.39 is 5.54 Å². The minimum absolute atomic E-state index is 0.0964. The Morgan fingerprint density at radius 2 is 2.33 bits per heavy atom. The Labute approximate surface area is 91.8 Å². The van der Waals surface area contributed by atoms with Gasteiger partial charge in [-0.15, -0.1) is 0 Å². The van der Waals surface area contributed by atoms with Crippen molar-refractivity contribution in [2.24, 2.45) is 5.92 Å². The van der Waals surface area contributed by atoms with Gasteiger partial charge in [-0.3, -0.25) is 4.79 Å². The Morgan fingerprint density at radius 1 is 1.60 bits per heavy atom. The van der Waals surface area contributed by atoms with Crippen molar-refractivity contribution in [2.75, 3.05) is 26.7 Å². The minimum Gasteiger partial charge on any atom is -0.465 e. The summed E-state index contributed by atoms with van der Waals surface area (Å²) in [4.78, 5) is 12.0. The lowest BCUT2D eigenvalue weighted by Gasteiger charge is -2.41. The molecule has 0 aromatic carbocycles. The van der Waals surface area contributed by atoms with E-state index in [1.165, 1.54) is 0 Å². The normalized spacial score (nSPS) is 31.3. The van der Waals surface area contributed by atoms with Crippen LogP contribution in [0.1, 0.15) is 26.7 Å². The number of piperidine rings is 1. The van der Waals surface area contributed by atoms with Crippen LogP contribution in [0.5, 0.6) is 0 Å². The summed E-state index contributed by atoms with van der Waals surface area (Å²) in [6, 6.07) is 0. The van der Waals surface area contributed by atoms with Crippen molar-refractivity contribution in [1.82, 2.24) is 10.6 Å². The smallest absolute Gasteiger partial charge is 0.326 e. The number of ether oxygens (including phenoxy) is 1. The molecule has 0 saturated carbocycles. The van der Waals surface area contributed by atoms with Crippen LogP contribution < -0.4 is 10.6 Å². The molecule has 0 aliphatic carbocycles. The zero-order chi connectivity index (χ0) is 11.3. The average Bonchev–Trinajstić information content (AvgIpc) is 2.29. The molecule has 1 rings (SSSR count). The lowest BCUT2D eigenvalue weighted by molar-refractivity contribution is -0.155. The van der Waals surface area contributed by atoms with Crippen molar-refractivity contribution in [3.63, 3.8) is 0 Å². The second-order valence-corrected chi connectivity index (χ2v) is 4.00. The van der Waals surface area contributed by atoms with Crippen molar-refractivity contribution in [2.45, 2.75) is 32.2 Å². The standard InChI is InChI=1S/C11H22N2O2/c1-4-9-8-13-7-6-11(9,12-3)10(14)15-5-2/h9,12-13H,4-8H2,1-3H3. The summed E-state index contributed by atoms with van der Waals surface area (Å²) in [5, 5.41) is 6.51. The van der Waals surface area contributed by atoms with Crippen molar-refractivity contribution in [3.05, 3.63) is 0 Å². The maximum atomic E-state index is 12.0. The van der Waals surface area contributed by atoms with Crippen LogP contribution >= 0.6 is 0 Å². The van der Waals surface area contributed by atoms with Gasteiger partial charge in [0.05, 0.1) is 6.61 Å². The maximum Gasteiger partial charge on any atom is 0.326 e. The molecule has 2 atom stereocenters. The highest BCUT2D eigenvalue weighted by atomic mass is 16.5. The monoisotopic (exact) mass is 214 g/mol. The number of carbonyl (C=O) groups is 1. The number of carbonyl (C=O) groups excluding carboxylic acids is 1. The van der Waals surface area contributed by atoms with Gasteiger partial charge in [0, 0.05) is 12.5 Å². The largest absolute Gasteiger partial charge is 0.465 e. The number of likely N-dealkylation sites (N-methyl/N-ethyl adjacent to an activating group) is 1. The Hall–Kier alpha value is -0.610. The predicted octanol–water partition coefficient (Wildman–Crippen LogP) is 0.527. The van der Waals surface area contributed by atoms with Crippen molar-refractivity contribution >= 4 is 5.97 Å². The molecule has 0 spiro atoms. The van der Waals surface area contributed by atoms with Crippen LogP contribution in [0.3, 0.4) is 0 Å². The van der Waals surface area contributed by atoms with Gasteiger partial charge < -0.3 is 15.4 Å². The SMILES string of the molecule is CCOC(=O)C1(NC)CCNCC1CC. The van der Waals surface area contributed by atoms with Gasteiger partial charge in [0.25, 0.3) is 0 Å². The van der Waals surface area contributed by atoms with Gasteiger partial charge in [0.2, 0.25) is 0 Å². The fourth-order valence-electron chi connectivity index (χ4n) is 2.39. The molecule has 1 aliphatic rings. The quantitative estimate of drug-likeness (QED) is 0.670. The van der Waals surface area contributed by atoms with Gasteiger partial charge in [0.15, 0.2) is 0 Å². The van der Waals surface area contributed by atoms with Crippen molar-refractivity contribution in [3.8, 4) is 0 Å². The highest BCUT2D eigenvalue weighted by molar-refractivity contribution is 5.81. The van der Waals surface area contributed by atoms with Crippen LogP contribution in [-0.2, 0) is 9.53 Å². The van der Waals surface area contributed by atoms with E-state index in [0.717, 1.165) is 25.9 Å². The van der Waals surface area contributed by atoms with Gasteiger partial charge in [-0.25, -0.2) is 0 Å². The first-order valence-corrected chi connectivity index (χ1v) is 5.78. The molecule has 1 fully saturated rings. The summed E-state index contributed by atoms with van der Waals surface area (Å²) in [6.07, 6.45) is 1.79. The van der Waals surface area contributed by atoms with Gasteiger partial charge in [-0.1, -0.05) is 6.92 Å². The minimum atomic E-state index is -0.476. The van der Waals surface area contributed by atoms with Gasteiger partial charge >= 0.3 is 5.97 Å². The summed E-state index contributed by atoms with van der Waals surface area (Å²) in [6.45, 7) is 6.17. The third-order valence-corrected chi connectivity index (χ3v) is 3.36. The molecule has 1 saturated heterocycles. The second kappa shape index (κ2) is 5.47. The van der Waals surface area contributed by atoms with Crippen molar-refractivity contribution in [1.29, 1.82) is 0 Å². The Morgan fingerprint density at radius 3 is 2.87 bits per heavy atom. The molecular weight excluding hydrogens is 192 g/mol. The summed E-state index contributed by atoms with van der Waals surface area (Å²) >= 11 is 0. The molecule has 0 bridgehead atoms. The third-order valence-electron chi connectivity index (χ3n) is 3.36. The highest BCUT2D eigenvalue weighted by Gasteiger charge is 2.46. The average molecular weight is 214 g/mol. The van der Waals surface area contributed by atoms with E-state index in [-0.39, 0.29) is 5.97 Å². The topological polar surface area (TPSA) is 50.4 Å². The fraction of sp³-hybridized carbons (Fsp3) is 0.909. The van der Waals surface area contributed by atoms with Crippen LogP contribution in [0.25, 0.3) is 0 Å². The lowest BCUT2D eigenvalue weighted by atomic mass is 9.77. The van der Waals surface area contributed by atoms with Crippen LogP contribution in [0.4, 0.5) is 0 Å². The molecule has 1 heterocycles. The van der Waals surface area contributed by atoms with Crippen molar-refractivity contribution < 1.29 is 9.53 Å². The van der Waals surface area contributed by atoms with Gasteiger partial charge in [-0.05, 0) is 33.4 Å². The van der Waals surface area contributed by atoms with Gasteiger partial charge in [-0.2, -0.15) is 0 Å². The highest BCUT2D eigenvalue weighted by Crippen LogP contribution is 2.28. The number of nitrogens with one attached hydrogen (secondary N) is 2. The molecule has 0 aromatic rings. The summed E-state index contributed by atoms with van der Waals surface area (Å²) in [5.41, 5.74) is -0.476. The van der Waals surface area contributed by atoms with Crippen LogP contribution in [0.2, 0.25) is 0 Å². The molecule has 0 radical (unpaired) electrons. The first-order chi connectivity index (χ1) is 7.21. The van der Waals surface area contributed by atoms with E-state index in [1.54, 1.807) is 0 Å². The molecule has 2 N–H and O–H groups in total. The molecule has 4 heteroatoms. The van der Waals surface area contributed by atoms with Gasteiger partial charge in [0.1, 0.15) is 5.54 Å². The summed E-state index contributed by atoms with van der Waals surface area (Å²) in [5.74, 6) is 0.219. The summed E-state index contributed by atoms with van der Waals surface area (Å²) < 4.78 is 5.18. The Balaban J connectivity index is 2.82. The number of hydrogen-bond donors (Lipinski definition) is 2. The molecule has 88 valence electrons. The Kier molecular flexibility index (Phi) is 4.54. The fourth-order valence-corrected chi connectivity index (χ4v) is 2.39. The van der Waals surface area contributed by atoms with Crippen LogP contribution in [-0.4, -0.2) is 38.3 Å². The van der Waals surface area contributed by atoms with Crippen LogP contribution in [0.15, 0.2) is 0 Å². The molecular formula is C11H22N2O2. The number of rotatable bonds is 4. The van der Waals surface area contributed by atoms with E-state index in [0.29, 0.717) is 12.5 Å².